The zero-order valence-electron chi connectivity index (χ0n) is 12.6. The van der Waals surface area contributed by atoms with Crippen LogP contribution in [0.3, 0.4) is 0 Å². The van der Waals surface area contributed by atoms with Crippen LogP contribution < -0.4 is 10.0 Å². The molecule has 0 amide bonds. The minimum absolute atomic E-state index is 0.105. The maximum absolute atomic E-state index is 12.6. The molecule has 6 nitrogen and oxygen atoms in total. The van der Waals surface area contributed by atoms with Crippen LogP contribution in [0, 0.1) is 12.8 Å². The van der Waals surface area contributed by atoms with Gasteiger partial charge in [-0.15, -0.1) is 0 Å². The van der Waals surface area contributed by atoms with Crippen molar-refractivity contribution < 1.29 is 8.42 Å². The molecule has 3 N–H and O–H groups in total. The second-order valence-electron chi connectivity index (χ2n) is 6.29. The van der Waals surface area contributed by atoms with Crippen molar-refractivity contribution in [2.24, 2.45) is 5.92 Å². The number of sulfonamides is 1. The summed E-state index contributed by atoms with van der Waals surface area (Å²) in [5.41, 5.74) is 1.21. The molecule has 1 heterocycles. The fraction of sp³-hybridized carbons (Fsp3) is 0.786. The molecule has 0 aromatic carbocycles. The molecule has 2 aliphatic carbocycles. The molecule has 2 fully saturated rings. The number of aromatic nitrogens is 2. The van der Waals surface area contributed by atoms with E-state index in [9.17, 15) is 8.42 Å². The van der Waals surface area contributed by atoms with Crippen molar-refractivity contribution in [3.05, 3.63) is 11.4 Å². The van der Waals surface area contributed by atoms with Crippen molar-refractivity contribution in [3.8, 4) is 0 Å². The van der Waals surface area contributed by atoms with E-state index in [4.69, 9.17) is 0 Å². The molecule has 2 unspecified atom stereocenters. The predicted octanol–water partition coefficient (Wildman–Crippen LogP) is 1.44. The minimum Gasteiger partial charge on any atom is -0.308 e. The van der Waals surface area contributed by atoms with Crippen LogP contribution in [0.5, 0.6) is 0 Å². The van der Waals surface area contributed by atoms with Crippen LogP contribution in [0.2, 0.25) is 0 Å². The Bertz CT molecular complexity index is 606. The highest BCUT2D eigenvalue weighted by Crippen LogP contribution is 2.36. The zero-order valence-corrected chi connectivity index (χ0v) is 13.5. The Balaban J connectivity index is 1.70. The molecule has 7 heteroatoms. The van der Waals surface area contributed by atoms with Crippen molar-refractivity contribution in [2.45, 2.75) is 69.5 Å². The number of hydrogen-bond acceptors (Lipinski definition) is 4. The number of H-pyrrole nitrogens is 1. The van der Waals surface area contributed by atoms with E-state index >= 15 is 0 Å². The quantitative estimate of drug-likeness (QED) is 0.678. The molecule has 0 radical (unpaired) electrons. The first-order chi connectivity index (χ1) is 10.0. The van der Waals surface area contributed by atoms with E-state index in [1.807, 2.05) is 0 Å². The highest BCUT2D eigenvalue weighted by Gasteiger charge is 2.40. The first-order valence-electron chi connectivity index (χ1n) is 7.80. The lowest BCUT2D eigenvalue weighted by atomic mass is 10.2. The van der Waals surface area contributed by atoms with Crippen molar-refractivity contribution in [3.63, 3.8) is 0 Å². The fourth-order valence-electron chi connectivity index (χ4n) is 2.81. The highest BCUT2D eigenvalue weighted by atomic mass is 32.2. The summed E-state index contributed by atoms with van der Waals surface area (Å²) in [7, 11) is -3.48. The summed E-state index contributed by atoms with van der Waals surface area (Å²) in [5, 5.41) is 10.3. The summed E-state index contributed by atoms with van der Waals surface area (Å²) < 4.78 is 28.0. The normalized spacial score (nSPS) is 25.2. The molecule has 3 rings (SSSR count). The molecule has 21 heavy (non-hydrogen) atoms. The Labute approximate surface area is 126 Å². The van der Waals surface area contributed by atoms with Gasteiger partial charge in [-0.05, 0) is 38.5 Å². The lowest BCUT2D eigenvalue weighted by Crippen LogP contribution is -2.29. The van der Waals surface area contributed by atoms with Crippen LogP contribution in [-0.2, 0) is 16.6 Å². The minimum atomic E-state index is -3.48. The molecule has 0 spiro atoms. The van der Waals surface area contributed by atoms with Crippen molar-refractivity contribution in [1.29, 1.82) is 0 Å². The largest absolute Gasteiger partial charge is 0.308 e. The monoisotopic (exact) mass is 312 g/mol. The molecular weight excluding hydrogens is 288 g/mol. The Kier molecular flexibility index (Phi) is 4.07. The van der Waals surface area contributed by atoms with E-state index < -0.39 is 10.0 Å². The van der Waals surface area contributed by atoms with E-state index in [0.29, 0.717) is 34.8 Å². The number of hydrogen-bond donors (Lipinski definition) is 3. The van der Waals surface area contributed by atoms with Gasteiger partial charge >= 0.3 is 0 Å². The van der Waals surface area contributed by atoms with E-state index in [1.165, 1.54) is 12.8 Å². The van der Waals surface area contributed by atoms with Crippen molar-refractivity contribution in [1.82, 2.24) is 20.2 Å². The van der Waals surface area contributed by atoms with Crippen LogP contribution in [0.25, 0.3) is 0 Å². The summed E-state index contributed by atoms with van der Waals surface area (Å²) in [5.74, 6) is 0.505. The molecule has 0 bridgehead atoms. The molecule has 0 saturated heterocycles. The Morgan fingerprint density at radius 1 is 1.38 bits per heavy atom. The summed E-state index contributed by atoms with van der Waals surface area (Å²) in [6.45, 7) is 4.40. The second-order valence-corrected chi connectivity index (χ2v) is 7.94. The average Bonchev–Trinajstić information content (AvgIpc) is 3.31. The number of aryl methyl sites for hydroxylation is 1. The maximum atomic E-state index is 12.6. The van der Waals surface area contributed by atoms with Crippen LogP contribution in [-0.4, -0.2) is 30.7 Å². The van der Waals surface area contributed by atoms with Crippen LogP contribution >= 0.6 is 0 Å². The zero-order chi connectivity index (χ0) is 15.0. The van der Waals surface area contributed by atoms with Crippen LogP contribution in [0.15, 0.2) is 4.90 Å². The third-order valence-electron chi connectivity index (χ3n) is 4.25. The number of nitrogens with zero attached hydrogens (tertiary/aromatic N) is 1. The number of nitrogens with one attached hydrogen (secondary N) is 3. The smallest absolute Gasteiger partial charge is 0.244 e. The van der Waals surface area contributed by atoms with Crippen molar-refractivity contribution >= 4 is 10.0 Å². The van der Waals surface area contributed by atoms with Gasteiger partial charge in [-0.1, -0.05) is 13.3 Å². The maximum Gasteiger partial charge on any atom is 0.244 e. The van der Waals surface area contributed by atoms with Gasteiger partial charge in [0.05, 0.1) is 11.4 Å². The first kappa shape index (κ1) is 15.0. The third-order valence-corrected chi connectivity index (χ3v) is 5.95. The SMILES string of the molecule is CCCC1CC1NS(=O)(=O)c1c(CNC2CC2)n[nH]c1C. The van der Waals surface area contributed by atoms with E-state index in [1.54, 1.807) is 6.92 Å². The summed E-state index contributed by atoms with van der Waals surface area (Å²) >= 11 is 0. The highest BCUT2D eigenvalue weighted by molar-refractivity contribution is 7.89. The topological polar surface area (TPSA) is 86.9 Å². The summed E-state index contributed by atoms with van der Waals surface area (Å²) in [6.07, 6.45) is 5.49. The van der Waals surface area contributed by atoms with E-state index in [-0.39, 0.29) is 6.04 Å². The molecule has 1 aromatic heterocycles. The average molecular weight is 312 g/mol. The third kappa shape index (κ3) is 3.46. The second kappa shape index (κ2) is 5.70. The fourth-order valence-corrected chi connectivity index (χ4v) is 4.50. The molecule has 0 aliphatic heterocycles. The standard InChI is InChI=1S/C14H24N4O2S/c1-3-4-10-7-12(10)18-21(19,20)14-9(2)16-17-13(14)8-15-11-5-6-11/h10-12,15,18H,3-8H2,1-2H3,(H,16,17). The molecule has 118 valence electrons. The van der Waals surface area contributed by atoms with Gasteiger partial charge in [0.25, 0.3) is 0 Å². The van der Waals surface area contributed by atoms with Gasteiger partial charge in [0.15, 0.2) is 0 Å². The van der Waals surface area contributed by atoms with E-state index in [0.717, 1.165) is 19.3 Å². The first-order valence-corrected chi connectivity index (χ1v) is 9.29. The molecule has 1 aromatic rings. The molecular formula is C14H24N4O2S. The Morgan fingerprint density at radius 3 is 2.81 bits per heavy atom. The predicted molar refractivity (Wildman–Crippen MR) is 80.3 cm³/mol. The van der Waals surface area contributed by atoms with Gasteiger partial charge in [0.2, 0.25) is 10.0 Å². The number of rotatable bonds is 8. The lowest BCUT2D eigenvalue weighted by molar-refractivity contribution is 0.569. The van der Waals surface area contributed by atoms with Gasteiger partial charge in [-0.2, -0.15) is 5.10 Å². The Hall–Kier alpha value is -0.920. The van der Waals surface area contributed by atoms with E-state index in [2.05, 4.69) is 27.2 Å². The van der Waals surface area contributed by atoms with Crippen LogP contribution in [0.1, 0.15) is 50.4 Å². The van der Waals surface area contributed by atoms with Gasteiger partial charge in [0, 0.05) is 18.6 Å². The number of aromatic amines is 1. The molecule has 2 aliphatic rings. The molecule has 2 saturated carbocycles. The van der Waals surface area contributed by atoms with Crippen LogP contribution in [0.4, 0.5) is 0 Å². The van der Waals surface area contributed by atoms with Gasteiger partial charge in [0.1, 0.15) is 4.90 Å². The summed E-state index contributed by atoms with van der Waals surface area (Å²) in [4.78, 5) is 0.331. The van der Waals surface area contributed by atoms with Gasteiger partial charge < -0.3 is 5.32 Å². The lowest BCUT2D eigenvalue weighted by Gasteiger charge is -2.08. The van der Waals surface area contributed by atoms with Crippen molar-refractivity contribution in [2.75, 3.05) is 0 Å². The summed E-state index contributed by atoms with van der Waals surface area (Å²) in [6, 6.07) is 0.636. The van der Waals surface area contributed by atoms with Gasteiger partial charge in [-0.25, -0.2) is 13.1 Å². The Morgan fingerprint density at radius 2 is 2.14 bits per heavy atom. The van der Waals surface area contributed by atoms with Gasteiger partial charge in [-0.3, -0.25) is 5.10 Å². The molecule has 2 atom stereocenters.